The Morgan fingerprint density at radius 3 is 2.46 bits per heavy atom. The van der Waals surface area contributed by atoms with Gasteiger partial charge in [-0.15, -0.1) is 0 Å². The highest BCUT2D eigenvalue weighted by Crippen LogP contribution is 2.27. The van der Waals surface area contributed by atoms with Gasteiger partial charge in [0.1, 0.15) is 5.75 Å². The maximum absolute atomic E-state index is 12.6. The van der Waals surface area contributed by atoms with Gasteiger partial charge in [-0.05, 0) is 31.0 Å². The highest BCUT2D eigenvalue weighted by Gasteiger charge is 2.23. The van der Waals surface area contributed by atoms with Crippen LogP contribution in [0, 0.1) is 6.92 Å². The third-order valence-electron chi connectivity index (χ3n) is 4.18. The molecule has 0 saturated carbocycles. The minimum atomic E-state index is -0.351. The Bertz CT molecular complexity index is 621. The van der Waals surface area contributed by atoms with Crippen molar-refractivity contribution in [3.63, 3.8) is 0 Å². The third kappa shape index (κ3) is 4.32. The van der Waals surface area contributed by atoms with E-state index in [4.69, 9.17) is 21.1 Å². The number of benzene rings is 1. The second-order valence-electron chi connectivity index (χ2n) is 5.78. The summed E-state index contributed by atoms with van der Waals surface area (Å²) in [6, 6.07) is 3.62. The zero-order chi connectivity index (χ0) is 17.7. The van der Waals surface area contributed by atoms with Crippen LogP contribution >= 0.6 is 11.6 Å². The molecule has 0 atom stereocenters. The topological polar surface area (TPSA) is 59.1 Å². The van der Waals surface area contributed by atoms with E-state index < -0.39 is 0 Å². The average Bonchev–Trinajstić information content (AvgIpc) is 2.83. The molecule has 7 heteroatoms. The zero-order valence-corrected chi connectivity index (χ0v) is 15.1. The Kier molecular flexibility index (Phi) is 6.31. The molecular weight excluding hydrogens is 332 g/mol. The number of methoxy groups -OCH3 is 2. The van der Waals surface area contributed by atoms with Crippen LogP contribution in [0.5, 0.6) is 5.75 Å². The van der Waals surface area contributed by atoms with Gasteiger partial charge in [0.05, 0.1) is 20.6 Å². The van der Waals surface area contributed by atoms with E-state index in [2.05, 4.69) is 0 Å². The van der Waals surface area contributed by atoms with Crippen LogP contribution in [-0.4, -0.2) is 62.2 Å². The van der Waals surface area contributed by atoms with Crippen molar-refractivity contribution in [1.29, 1.82) is 0 Å². The van der Waals surface area contributed by atoms with Crippen molar-refractivity contribution in [3.8, 4) is 5.75 Å². The van der Waals surface area contributed by atoms with Gasteiger partial charge in [-0.1, -0.05) is 11.6 Å². The number of ether oxygens (including phenoxy) is 2. The fourth-order valence-electron chi connectivity index (χ4n) is 2.78. The molecule has 0 bridgehead atoms. The van der Waals surface area contributed by atoms with E-state index in [9.17, 15) is 9.59 Å². The Balaban J connectivity index is 2.05. The maximum atomic E-state index is 12.6. The number of aryl methyl sites for hydroxylation is 1. The normalized spacial score (nSPS) is 15.0. The van der Waals surface area contributed by atoms with Gasteiger partial charge in [0.2, 0.25) is 5.91 Å². The van der Waals surface area contributed by atoms with Crippen molar-refractivity contribution in [1.82, 2.24) is 9.80 Å². The van der Waals surface area contributed by atoms with Crippen LogP contribution in [0.15, 0.2) is 12.1 Å². The molecule has 0 N–H and O–H groups in total. The second-order valence-corrected chi connectivity index (χ2v) is 6.19. The largest absolute Gasteiger partial charge is 0.496 e. The maximum Gasteiger partial charge on any atom is 0.409 e. The predicted molar refractivity (Wildman–Crippen MR) is 91.6 cm³/mol. The van der Waals surface area contributed by atoms with Crippen molar-refractivity contribution in [2.24, 2.45) is 0 Å². The van der Waals surface area contributed by atoms with E-state index >= 15 is 0 Å². The first-order chi connectivity index (χ1) is 11.5. The van der Waals surface area contributed by atoms with Crippen molar-refractivity contribution in [3.05, 3.63) is 28.3 Å². The van der Waals surface area contributed by atoms with Crippen LogP contribution in [0.4, 0.5) is 4.79 Å². The average molecular weight is 355 g/mol. The summed E-state index contributed by atoms with van der Waals surface area (Å²) in [5.41, 5.74) is 1.68. The molecule has 2 rings (SSSR count). The fourth-order valence-corrected chi connectivity index (χ4v) is 2.96. The summed E-state index contributed by atoms with van der Waals surface area (Å²) in [5, 5.41) is 0.617. The zero-order valence-electron chi connectivity index (χ0n) is 14.3. The predicted octanol–water partition coefficient (Wildman–Crippen LogP) is 2.50. The van der Waals surface area contributed by atoms with Crippen LogP contribution in [0.2, 0.25) is 5.02 Å². The SMILES string of the molecule is COC(=O)N1CCCN(C(=O)Cc2cc(Cl)c(C)cc2OC)CC1. The van der Waals surface area contributed by atoms with Crippen LogP contribution < -0.4 is 4.74 Å². The Morgan fingerprint density at radius 1 is 1.12 bits per heavy atom. The first-order valence-electron chi connectivity index (χ1n) is 7.90. The van der Waals surface area contributed by atoms with Gasteiger partial charge in [0, 0.05) is 36.8 Å². The summed E-state index contributed by atoms with van der Waals surface area (Å²) < 4.78 is 10.1. The highest BCUT2D eigenvalue weighted by atomic mass is 35.5. The molecule has 0 aliphatic carbocycles. The molecule has 2 amide bonds. The van der Waals surface area contributed by atoms with Crippen LogP contribution in [-0.2, 0) is 16.0 Å². The molecule has 6 nitrogen and oxygen atoms in total. The quantitative estimate of drug-likeness (QED) is 0.836. The molecule has 0 aromatic heterocycles. The highest BCUT2D eigenvalue weighted by molar-refractivity contribution is 6.31. The van der Waals surface area contributed by atoms with E-state index in [1.165, 1.54) is 7.11 Å². The molecule has 0 radical (unpaired) electrons. The van der Waals surface area contributed by atoms with Gasteiger partial charge in [-0.2, -0.15) is 0 Å². The number of amides is 2. The Labute approximate surface area is 147 Å². The Morgan fingerprint density at radius 2 is 1.79 bits per heavy atom. The smallest absolute Gasteiger partial charge is 0.409 e. The molecule has 1 aliphatic rings. The first kappa shape index (κ1) is 18.4. The van der Waals surface area contributed by atoms with Crippen LogP contribution in [0.3, 0.4) is 0 Å². The molecule has 24 heavy (non-hydrogen) atoms. The number of hydrogen-bond donors (Lipinski definition) is 0. The number of halogens is 1. The molecule has 1 heterocycles. The standard InChI is InChI=1S/C17H23ClN2O4/c1-12-9-15(23-2)13(10-14(12)18)11-16(21)19-5-4-6-20(8-7-19)17(22)24-3/h9-10H,4-8,11H2,1-3H3. The summed E-state index contributed by atoms with van der Waals surface area (Å²) in [6.45, 7) is 4.08. The van der Waals surface area contributed by atoms with Gasteiger partial charge in [0.15, 0.2) is 0 Å². The summed E-state index contributed by atoms with van der Waals surface area (Å²) in [5.74, 6) is 0.663. The molecule has 1 aromatic rings. The lowest BCUT2D eigenvalue weighted by atomic mass is 10.1. The summed E-state index contributed by atoms with van der Waals surface area (Å²) in [7, 11) is 2.94. The van der Waals surface area contributed by atoms with Gasteiger partial charge < -0.3 is 19.3 Å². The molecule has 132 valence electrons. The van der Waals surface area contributed by atoms with Gasteiger partial charge in [0.25, 0.3) is 0 Å². The minimum absolute atomic E-state index is 0.0000597. The molecule has 1 saturated heterocycles. The second kappa shape index (κ2) is 8.24. The molecular formula is C17H23ClN2O4. The monoisotopic (exact) mass is 354 g/mol. The molecule has 0 spiro atoms. The first-order valence-corrected chi connectivity index (χ1v) is 8.27. The molecule has 0 unspecified atom stereocenters. The van der Waals surface area contributed by atoms with E-state index in [1.807, 2.05) is 13.0 Å². The van der Waals surface area contributed by atoms with Crippen molar-refractivity contribution >= 4 is 23.6 Å². The Hall–Kier alpha value is -1.95. The fraction of sp³-hybridized carbons (Fsp3) is 0.529. The van der Waals surface area contributed by atoms with Gasteiger partial charge in [-0.25, -0.2) is 4.79 Å². The van der Waals surface area contributed by atoms with Crippen LogP contribution in [0.25, 0.3) is 0 Å². The van der Waals surface area contributed by atoms with E-state index in [0.29, 0.717) is 37.0 Å². The van der Waals surface area contributed by atoms with Gasteiger partial charge >= 0.3 is 6.09 Å². The molecule has 1 aromatic carbocycles. The van der Waals surface area contributed by atoms with Gasteiger partial charge in [-0.3, -0.25) is 4.79 Å². The number of hydrogen-bond acceptors (Lipinski definition) is 4. The number of rotatable bonds is 3. The lowest BCUT2D eigenvalue weighted by molar-refractivity contribution is -0.130. The summed E-state index contributed by atoms with van der Waals surface area (Å²) in [6.07, 6.45) is 0.602. The molecule has 1 fully saturated rings. The third-order valence-corrected chi connectivity index (χ3v) is 4.59. The minimum Gasteiger partial charge on any atom is -0.496 e. The van der Waals surface area contributed by atoms with E-state index in [1.54, 1.807) is 23.0 Å². The lowest BCUT2D eigenvalue weighted by Gasteiger charge is -2.22. The number of nitrogens with zero attached hydrogens (tertiary/aromatic N) is 2. The summed E-state index contributed by atoms with van der Waals surface area (Å²) in [4.78, 5) is 27.6. The van der Waals surface area contributed by atoms with Crippen molar-refractivity contribution in [2.75, 3.05) is 40.4 Å². The van der Waals surface area contributed by atoms with Crippen LogP contribution in [0.1, 0.15) is 17.5 Å². The van der Waals surface area contributed by atoms with Crippen molar-refractivity contribution in [2.45, 2.75) is 19.8 Å². The number of carbonyl (C=O) groups is 2. The lowest BCUT2D eigenvalue weighted by Crippen LogP contribution is -2.37. The number of carbonyl (C=O) groups excluding carboxylic acids is 2. The van der Waals surface area contributed by atoms with E-state index in [-0.39, 0.29) is 18.4 Å². The van der Waals surface area contributed by atoms with E-state index in [0.717, 1.165) is 17.5 Å². The summed E-state index contributed by atoms with van der Waals surface area (Å²) >= 11 is 6.17. The van der Waals surface area contributed by atoms with Crippen molar-refractivity contribution < 1.29 is 19.1 Å². The molecule has 1 aliphatic heterocycles.